The monoisotopic (exact) mass is 423 g/mol. The molecular formula is C19H16F3N3O3S. The van der Waals surface area contributed by atoms with Crippen molar-refractivity contribution in [2.24, 2.45) is 0 Å². The molecule has 0 aliphatic heterocycles. The number of anilines is 1. The second-order valence-corrected chi connectivity index (χ2v) is 7.90. The average molecular weight is 423 g/mol. The van der Waals surface area contributed by atoms with Crippen molar-refractivity contribution in [2.75, 3.05) is 4.72 Å². The lowest BCUT2D eigenvalue weighted by Gasteiger charge is -2.12. The Morgan fingerprint density at radius 1 is 1.03 bits per heavy atom. The molecule has 152 valence electrons. The van der Waals surface area contributed by atoms with Crippen molar-refractivity contribution in [3.8, 4) is 0 Å². The Morgan fingerprint density at radius 2 is 1.72 bits per heavy atom. The lowest BCUT2D eigenvalue weighted by atomic mass is 10.2. The van der Waals surface area contributed by atoms with Crippen LogP contribution in [0.15, 0.2) is 59.5 Å². The summed E-state index contributed by atoms with van der Waals surface area (Å²) in [5.41, 5.74) is 0.109. The van der Waals surface area contributed by atoms with Gasteiger partial charge in [0.05, 0.1) is 33.9 Å². The van der Waals surface area contributed by atoms with Crippen molar-refractivity contribution in [2.45, 2.75) is 24.5 Å². The average Bonchev–Trinajstić information content (AvgIpc) is 2.66. The summed E-state index contributed by atoms with van der Waals surface area (Å²) in [7, 11) is -4.13. The molecule has 0 radical (unpaired) electrons. The third kappa shape index (κ3) is 4.83. The molecule has 0 aliphatic rings. The van der Waals surface area contributed by atoms with Gasteiger partial charge in [-0.25, -0.2) is 13.4 Å². The highest BCUT2D eigenvalue weighted by Gasteiger charge is 2.30. The second-order valence-electron chi connectivity index (χ2n) is 6.22. The van der Waals surface area contributed by atoms with Crippen LogP contribution < -0.4 is 10.0 Å². The van der Waals surface area contributed by atoms with Crippen molar-refractivity contribution >= 4 is 32.5 Å². The summed E-state index contributed by atoms with van der Waals surface area (Å²) >= 11 is 0. The van der Waals surface area contributed by atoms with Crippen LogP contribution in [0.3, 0.4) is 0 Å². The molecule has 0 unspecified atom stereocenters. The van der Waals surface area contributed by atoms with Gasteiger partial charge in [-0.2, -0.15) is 13.2 Å². The van der Waals surface area contributed by atoms with E-state index in [4.69, 9.17) is 0 Å². The van der Waals surface area contributed by atoms with E-state index in [2.05, 4.69) is 15.0 Å². The number of para-hydroxylation sites is 1. The largest absolute Gasteiger partial charge is 0.416 e. The Morgan fingerprint density at radius 3 is 2.34 bits per heavy atom. The molecule has 10 heteroatoms. The molecule has 0 saturated heterocycles. The van der Waals surface area contributed by atoms with Crippen LogP contribution in [0.5, 0.6) is 0 Å². The summed E-state index contributed by atoms with van der Waals surface area (Å²) in [6.45, 7) is 1.54. The van der Waals surface area contributed by atoms with Gasteiger partial charge in [-0.3, -0.25) is 9.52 Å². The van der Waals surface area contributed by atoms with Crippen molar-refractivity contribution in [1.82, 2.24) is 10.3 Å². The number of hydrogen-bond acceptors (Lipinski definition) is 4. The number of aromatic nitrogens is 1. The summed E-state index contributed by atoms with van der Waals surface area (Å²) in [4.78, 5) is 15.1. The predicted octanol–water partition coefficient (Wildman–Crippen LogP) is 3.69. The lowest BCUT2D eigenvalue weighted by Crippen LogP contribution is -2.19. The molecule has 29 heavy (non-hydrogen) atoms. The van der Waals surface area contributed by atoms with Crippen LogP contribution >= 0.6 is 0 Å². The zero-order chi connectivity index (χ0) is 21.2. The van der Waals surface area contributed by atoms with E-state index in [0.29, 0.717) is 28.7 Å². The standard InChI is InChI=1S/C19H16F3N3O3S/c1-12(26)23-11-15-8-5-13-3-2-4-17(18(13)24-15)25-29(27,28)16-9-6-14(7-10-16)19(20,21)22/h2-10,25H,11H2,1H3,(H,23,26). The SMILES string of the molecule is CC(=O)NCc1ccc2cccc(NS(=O)(=O)c3ccc(C(F)(F)F)cc3)c2n1. The first-order chi connectivity index (χ1) is 13.6. The fraction of sp³-hybridized carbons (Fsp3) is 0.158. The molecule has 0 fully saturated rings. The Bertz CT molecular complexity index is 1160. The fourth-order valence-corrected chi connectivity index (χ4v) is 3.68. The summed E-state index contributed by atoms with van der Waals surface area (Å²) in [6.07, 6.45) is -4.56. The third-order valence-electron chi connectivity index (χ3n) is 4.03. The van der Waals surface area contributed by atoms with Crippen LogP contribution in [0.4, 0.5) is 18.9 Å². The van der Waals surface area contributed by atoms with Crippen LogP contribution in [0.1, 0.15) is 18.2 Å². The van der Waals surface area contributed by atoms with E-state index in [9.17, 15) is 26.4 Å². The van der Waals surface area contributed by atoms with E-state index in [1.165, 1.54) is 13.0 Å². The first kappa shape index (κ1) is 20.6. The number of hydrogen-bond donors (Lipinski definition) is 2. The van der Waals surface area contributed by atoms with E-state index in [0.717, 1.165) is 12.1 Å². The van der Waals surface area contributed by atoms with Gasteiger partial charge in [-0.1, -0.05) is 18.2 Å². The molecule has 2 N–H and O–H groups in total. The van der Waals surface area contributed by atoms with Crippen molar-refractivity contribution in [3.05, 3.63) is 65.9 Å². The number of pyridine rings is 1. The third-order valence-corrected chi connectivity index (χ3v) is 5.41. The molecule has 0 bridgehead atoms. The van der Waals surface area contributed by atoms with Crippen molar-refractivity contribution in [1.29, 1.82) is 0 Å². The number of amides is 1. The maximum Gasteiger partial charge on any atom is 0.416 e. The van der Waals surface area contributed by atoms with Crippen molar-refractivity contribution in [3.63, 3.8) is 0 Å². The molecule has 0 atom stereocenters. The molecule has 0 spiro atoms. The lowest BCUT2D eigenvalue weighted by molar-refractivity contribution is -0.137. The Balaban J connectivity index is 1.93. The van der Waals surface area contributed by atoms with Crippen LogP contribution in [0.2, 0.25) is 0 Å². The summed E-state index contributed by atoms with van der Waals surface area (Å²) in [5, 5.41) is 3.26. The molecule has 0 aliphatic carbocycles. The highest BCUT2D eigenvalue weighted by Crippen LogP contribution is 2.30. The fourth-order valence-electron chi connectivity index (χ4n) is 2.61. The van der Waals surface area contributed by atoms with Gasteiger partial charge < -0.3 is 5.32 Å². The molecular weight excluding hydrogens is 407 g/mol. The molecule has 6 nitrogen and oxygen atoms in total. The highest BCUT2D eigenvalue weighted by molar-refractivity contribution is 7.92. The van der Waals surface area contributed by atoms with E-state index in [1.807, 2.05) is 0 Å². The van der Waals surface area contributed by atoms with E-state index in [1.54, 1.807) is 24.3 Å². The minimum atomic E-state index is -4.56. The minimum absolute atomic E-state index is 0.172. The molecule has 1 heterocycles. The smallest absolute Gasteiger partial charge is 0.351 e. The molecule has 3 aromatic rings. The number of benzene rings is 2. The van der Waals surface area contributed by atoms with Gasteiger partial charge in [0, 0.05) is 12.3 Å². The van der Waals surface area contributed by atoms with Gasteiger partial charge in [-0.15, -0.1) is 0 Å². The molecule has 0 saturated carbocycles. The van der Waals surface area contributed by atoms with E-state index in [-0.39, 0.29) is 23.0 Å². The number of fused-ring (bicyclic) bond motifs is 1. The Kier molecular flexibility index (Phi) is 5.47. The number of rotatable bonds is 5. The van der Waals surface area contributed by atoms with Gasteiger partial charge in [0.25, 0.3) is 10.0 Å². The molecule has 1 aromatic heterocycles. The minimum Gasteiger partial charge on any atom is -0.351 e. The number of sulfonamides is 1. The predicted molar refractivity (Wildman–Crippen MR) is 102 cm³/mol. The van der Waals surface area contributed by atoms with Crippen LogP contribution in [0, 0.1) is 0 Å². The highest BCUT2D eigenvalue weighted by atomic mass is 32.2. The normalized spacial score (nSPS) is 12.0. The number of carbonyl (C=O) groups excluding carboxylic acids is 1. The molecule has 2 aromatic carbocycles. The molecule has 1 amide bonds. The number of halogens is 3. The quantitative estimate of drug-likeness (QED) is 0.655. The number of nitrogens with one attached hydrogen (secondary N) is 2. The number of carbonyl (C=O) groups is 1. The van der Waals surface area contributed by atoms with Crippen LogP contribution in [-0.4, -0.2) is 19.3 Å². The van der Waals surface area contributed by atoms with Gasteiger partial charge >= 0.3 is 6.18 Å². The summed E-state index contributed by atoms with van der Waals surface area (Å²) in [5.74, 6) is -0.233. The number of nitrogens with zero attached hydrogens (tertiary/aromatic N) is 1. The topological polar surface area (TPSA) is 88.2 Å². The van der Waals surface area contributed by atoms with E-state index < -0.39 is 21.8 Å². The maximum absolute atomic E-state index is 12.7. The zero-order valence-electron chi connectivity index (χ0n) is 15.1. The van der Waals surface area contributed by atoms with Gasteiger partial charge in [0.2, 0.25) is 5.91 Å². The Labute approximate surface area is 164 Å². The zero-order valence-corrected chi connectivity index (χ0v) is 15.9. The first-order valence-electron chi connectivity index (χ1n) is 8.39. The molecule has 3 rings (SSSR count). The van der Waals surface area contributed by atoms with Gasteiger partial charge in [-0.05, 0) is 36.4 Å². The summed E-state index contributed by atoms with van der Waals surface area (Å²) < 4.78 is 65.7. The second kappa shape index (κ2) is 7.70. The number of alkyl halides is 3. The maximum atomic E-state index is 12.7. The van der Waals surface area contributed by atoms with Crippen LogP contribution in [-0.2, 0) is 27.5 Å². The van der Waals surface area contributed by atoms with Crippen LogP contribution in [0.25, 0.3) is 10.9 Å². The van der Waals surface area contributed by atoms with E-state index >= 15 is 0 Å². The Hall–Kier alpha value is -3.14. The van der Waals surface area contributed by atoms with Gasteiger partial charge in [0.15, 0.2) is 0 Å². The first-order valence-corrected chi connectivity index (χ1v) is 9.88. The summed E-state index contributed by atoms with van der Waals surface area (Å²) in [6, 6.07) is 11.5. The van der Waals surface area contributed by atoms with Crippen molar-refractivity contribution < 1.29 is 26.4 Å². The van der Waals surface area contributed by atoms with Gasteiger partial charge in [0.1, 0.15) is 0 Å².